The number of carbonyl (C=O) groups excluding carboxylic acids is 2. The minimum absolute atomic E-state index is 0.161. The Bertz CT molecular complexity index is 577. The van der Waals surface area contributed by atoms with Crippen molar-refractivity contribution in [2.45, 2.75) is 70.9 Å². The van der Waals surface area contributed by atoms with Crippen molar-refractivity contribution in [1.82, 2.24) is 5.32 Å². The monoisotopic (exact) mass is 346 g/mol. The molecule has 1 aliphatic carbocycles. The molecule has 1 aromatic carbocycles. The molecule has 5 heteroatoms. The second-order valence-corrected chi connectivity index (χ2v) is 7.61. The Morgan fingerprint density at radius 1 is 1.08 bits per heavy atom. The molecule has 0 bridgehead atoms. The molecule has 0 aliphatic heterocycles. The quantitative estimate of drug-likeness (QED) is 0.739. The third-order valence-electron chi connectivity index (χ3n) is 5.27. The average molecular weight is 346 g/mol. The summed E-state index contributed by atoms with van der Waals surface area (Å²) in [6.45, 7) is 6.09. The van der Waals surface area contributed by atoms with Crippen LogP contribution < -0.4 is 16.4 Å². The summed E-state index contributed by atoms with van der Waals surface area (Å²) < 4.78 is 0. The van der Waals surface area contributed by atoms with Crippen LogP contribution in [0.5, 0.6) is 0 Å². The Hall–Kier alpha value is -1.88. The summed E-state index contributed by atoms with van der Waals surface area (Å²) in [7, 11) is 0. The first-order valence-electron chi connectivity index (χ1n) is 9.43. The topological polar surface area (TPSA) is 88.8 Å². The molecule has 0 radical (unpaired) electrons. The lowest BCUT2D eigenvalue weighted by Gasteiger charge is -2.25. The number of urea groups is 1. The lowest BCUT2D eigenvalue weighted by Crippen LogP contribution is -2.93. The van der Waals surface area contributed by atoms with Gasteiger partial charge < -0.3 is 11.1 Å². The number of rotatable bonds is 6. The highest BCUT2D eigenvalue weighted by Gasteiger charge is 2.26. The average Bonchev–Trinajstić information content (AvgIpc) is 2.59. The molecule has 0 unspecified atom stereocenters. The van der Waals surface area contributed by atoms with E-state index >= 15 is 0 Å². The van der Waals surface area contributed by atoms with E-state index in [4.69, 9.17) is 5.73 Å². The summed E-state index contributed by atoms with van der Waals surface area (Å²) in [6, 6.07) is 7.88. The lowest BCUT2D eigenvalue weighted by molar-refractivity contribution is -0.719. The fourth-order valence-corrected chi connectivity index (χ4v) is 3.78. The van der Waals surface area contributed by atoms with Crippen molar-refractivity contribution >= 4 is 11.9 Å². The normalized spacial score (nSPS) is 17.9. The van der Waals surface area contributed by atoms with Crippen LogP contribution in [0.4, 0.5) is 4.79 Å². The summed E-state index contributed by atoms with van der Waals surface area (Å²) in [6.07, 6.45) is 6.62. The summed E-state index contributed by atoms with van der Waals surface area (Å²) in [4.78, 5) is 22.8. The van der Waals surface area contributed by atoms with Crippen LogP contribution in [0.2, 0.25) is 0 Å². The standard InChI is InChI=1S/C20H31N3O2/c1-13(2)18(22-14(3)19(24)23-20(21)25)17-11-9-16(10-12-17)15-7-5-4-6-8-15/h9-15,18,22H,4-8H2,1-3H3,(H3,21,23,24,25)/p+1/t14-,18-/m0/s1. The minimum Gasteiger partial charge on any atom is -0.351 e. The maximum absolute atomic E-state index is 12.0. The van der Waals surface area contributed by atoms with E-state index in [0.717, 1.165) is 0 Å². The highest BCUT2D eigenvalue weighted by Crippen LogP contribution is 2.33. The van der Waals surface area contributed by atoms with Gasteiger partial charge in [0.05, 0.1) is 0 Å². The third kappa shape index (κ3) is 5.56. The first-order chi connectivity index (χ1) is 11.9. The number of primary amides is 1. The number of hydrogen-bond donors (Lipinski definition) is 3. The van der Waals surface area contributed by atoms with Crippen molar-refractivity contribution in [2.24, 2.45) is 11.7 Å². The number of benzene rings is 1. The highest BCUT2D eigenvalue weighted by atomic mass is 16.2. The second kappa shape index (κ2) is 8.99. The largest absolute Gasteiger partial charge is 0.351 e. The molecule has 2 atom stereocenters. The van der Waals surface area contributed by atoms with Gasteiger partial charge in [0.25, 0.3) is 5.91 Å². The van der Waals surface area contributed by atoms with Crippen LogP contribution in [0.1, 0.15) is 76.0 Å². The van der Waals surface area contributed by atoms with Gasteiger partial charge in [-0.05, 0) is 31.2 Å². The molecule has 1 saturated carbocycles. The van der Waals surface area contributed by atoms with Gasteiger partial charge in [0.2, 0.25) is 0 Å². The van der Waals surface area contributed by atoms with Crippen molar-refractivity contribution < 1.29 is 14.9 Å². The fourth-order valence-electron chi connectivity index (χ4n) is 3.78. The van der Waals surface area contributed by atoms with Crippen LogP contribution in [-0.4, -0.2) is 18.0 Å². The van der Waals surface area contributed by atoms with Gasteiger partial charge in [-0.3, -0.25) is 10.1 Å². The Morgan fingerprint density at radius 3 is 2.20 bits per heavy atom. The molecule has 1 aromatic rings. The minimum atomic E-state index is -0.803. The molecule has 5 N–H and O–H groups in total. The number of imide groups is 1. The zero-order chi connectivity index (χ0) is 18.4. The zero-order valence-corrected chi connectivity index (χ0v) is 15.6. The van der Waals surface area contributed by atoms with Crippen molar-refractivity contribution in [2.75, 3.05) is 0 Å². The number of nitrogens with one attached hydrogen (secondary N) is 1. The molecule has 1 fully saturated rings. The Morgan fingerprint density at radius 2 is 1.68 bits per heavy atom. The van der Waals surface area contributed by atoms with Gasteiger partial charge in [-0.25, -0.2) is 4.79 Å². The van der Waals surface area contributed by atoms with E-state index in [2.05, 4.69) is 43.4 Å². The molecule has 3 amide bonds. The lowest BCUT2D eigenvalue weighted by atomic mass is 9.83. The van der Waals surface area contributed by atoms with Crippen LogP contribution in [0.25, 0.3) is 0 Å². The predicted octanol–water partition coefficient (Wildman–Crippen LogP) is 2.58. The van der Waals surface area contributed by atoms with E-state index < -0.39 is 6.03 Å². The van der Waals surface area contributed by atoms with Crippen molar-refractivity contribution in [1.29, 1.82) is 0 Å². The molecule has 0 saturated heterocycles. The predicted molar refractivity (Wildman–Crippen MR) is 99.0 cm³/mol. The zero-order valence-electron chi connectivity index (χ0n) is 15.6. The highest BCUT2D eigenvalue weighted by molar-refractivity contribution is 5.95. The Labute approximate surface area is 150 Å². The maximum Gasteiger partial charge on any atom is 0.319 e. The number of quaternary nitrogens is 1. The van der Waals surface area contributed by atoms with Crippen molar-refractivity contribution in [3.63, 3.8) is 0 Å². The van der Waals surface area contributed by atoms with E-state index in [-0.39, 0.29) is 18.0 Å². The number of carbonyl (C=O) groups is 2. The Balaban J connectivity index is 2.06. The van der Waals surface area contributed by atoms with Gasteiger partial charge in [-0.15, -0.1) is 0 Å². The molecule has 0 heterocycles. The van der Waals surface area contributed by atoms with E-state index in [1.54, 1.807) is 6.92 Å². The third-order valence-corrected chi connectivity index (χ3v) is 5.27. The van der Waals surface area contributed by atoms with Gasteiger partial charge in [-0.1, -0.05) is 57.4 Å². The number of hydrogen-bond acceptors (Lipinski definition) is 2. The van der Waals surface area contributed by atoms with E-state index in [0.29, 0.717) is 11.8 Å². The van der Waals surface area contributed by atoms with Crippen molar-refractivity contribution in [3.8, 4) is 0 Å². The van der Waals surface area contributed by atoms with E-state index in [9.17, 15) is 9.59 Å². The van der Waals surface area contributed by atoms with Crippen molar-refractivity contribution in [3.05, 3.63) is 35.4 Å². The van der Waals surface area contributed by atoms with Gasteiger partial charge in [0.1, 0.15) is 6.04 Å². The van der Waals surface area contributed by atoms with E-state index in [1.807, 2.05) is 5.32 Å². The first kappa shape index (κ1) is 19.4. The summed E-state index contributed by atoms with van der Waals surface area (Å²) in [5.74, 6) is 0.714. The number of nitrogens with two attached hydrogens (primary N) is 2. The molecule has 1 aliphatic rings. The number of amides is 3. The molecular formula is C20H32N3O2+. The summed E-state index contributed by atoms with van der Waals surface area (Å²) in [5.41, 5.74) is 7.69. The van der Waals surface area contributed by atoms with Gasteiger partial charge in [0, 0.05) is 11.5 Å². The smallest absolute Gasteiger partial charge is 0.319 e. The van der Waals surface area contributed by atoms with Gasteiger partial charge >= 0.3 is 6.03 Å². The molecule has 0 aromatic heterocycles. The second-order valence-electron chi connectivity index (χ2n) is 7.61. The van der Waals surface area contributed by atoms with E-state index in [1.165, 1.54) is 43.2 Å². The van der Waals surface area contributed by atoms with Gasteiger partial charge in [-0.2, -0.15) is 0 Å². The van der Waals surface area contributed by atoms with Crippen LogP contribution in [0, 0.1) is 5.92 Å². The first-order valence-corrected chi connectivity index (χ1v) is 9.43. The van der Waals surface area contributed by atoms with Crippen LogP contribution in [0.15, 0.2) is 24.3 Å². The SMILES string of the molecule is CC(C)[C@H]([NH2+][C@@H](C)C(=O)NC(N)=O)c1ccc(C2CCCCC2)cc1. The van der Waals surface area contributed by atoms with Crippen LogP contribution >= 0.6 is 0 Å². The molecule has 25 heavy (non-hydrogen) atoms. The summed E-state index contributed by atoms with van der Waals surface area (Å²) in [5, 5.41) is 4.17. The molecule has 2 rings (SSSR count). The Kier molecular flexibility index (Phi) is 7.00. The molecular weight excluding hydrogens is 314 g/mol. The van der Waals surface area contributed by atoms with Crippen LogP contribution in [-0.2, 0) is 4.79 Å². The molecule has 138 valence electrons. The van der Waals surface area contributed by atoms with Crippen LogP contribution in [0.3, 0.4) is 0 Å². The van der Waals surface area contributed by atoms with Gasteiger partial charge in [0.15, 0.2) is 6.04 Å². The maximum atomic E-state index is 12.0. The fraction of sp³-hybridized carbons (Fsp3) is 0.600. The molecule has 5 nitrogen and oxygen atoms in total. The summed E-state index contributed by atoms with van der Waals surface area (Å²) >= 11 is 0. The molecule has 0 spiro atoms.